The summed E-state index contributed by atoms with van der Waals surface area (Å²) in [5.74, 6) is -0.148. The zero-order valence-corrected chi connectivity index (χ0v) is 14.2. The predicted octanol–water partition coefficient (Wildman–Crippen LogP) is 3.25. The van der Waals surface area contributed by atoms with Crippen molar-refractivity contribution in [3.63, 3.8) is 0 Å². The highest BCUT2D eigenvalue weighted by Gasteiger charge is 2.31. The monoisotopic (exact) mass is 310 g/mol. The Bertz CT molecular complexity index is 633. The number of hydrogen-bond donors (Lipinski definition) is 2. The molecule has 3 N–H and O–H groups in total. The second-order valence-electron chi connectivity index (χ2n) is 7.08. The first-order chi connectivity index (χ1) is 10.8. The molecule has 122 valence electrons. The zero-order chi connectivity index (χ0) is 16.9. The summed E-state index contributed by atoms with van der Waals surface area (Å²) in [6.07, 6.45) is 0.904. The Balaban J connectivity index is 1.98. The van der Waals surface area contributed by atoms with Crippen molar-refractivity contribution in [1.82, 2.24) is 5.32 Å². The highest BCUT2D eigenvalue weighted by Crippen LogP contribution is 2.22. The van der Waals surface area contributed by atoms with E-state index < -0.39 is 5.54 Å². The van der Waals surface area contributed by atoms with Crippen LogP contribution in [0.25, 0.3) is 0 Å². The molecule has 3 nitrogen and oxygen atoms in total. The van der Waals surface area contributed by atoms with Gasteiger partial charge >= 0.3 is 0 Å². The SMILES string of the molecule is CC(C)(CNC(=O)C(C)(N)c1ccccc1)Cc1ccccc1. The average molecular weight is 310 g/mol. The molecule has 2 aromatic rings. The molecule has 0 heterocycles. The molecule has 0 bridgehead atoms. The van der Waals surface area contributed by atoms with Crippen molar-refractivity contribution in [2.24, 2.45) is 11.1 Å². The number of carbonyl (C=O) groups is 1. The molecule has 0 aliphatic carbocycles. The van der Waals surface area contributed by atoms with Crippen LogP contribution in [0.5, 0.6) is 0 Å². The summed E-state index contributed by atoms with van der Waals surface area (Å²) < 4.78 is 0. The molecule has 1 amide bonds. The van der Waals surface area contributed by atoms with Gasteiger partial charge in [0.2, 0.25) is 5.91 Å². The molecule has 0 aliphatic heterocycles. The largest absolute Gasteiger partial charge is 0.354 e. The summed E-state index contributed by atoms with van der Waals surface area (Å²) in [6.45, 7) is 6.63. The maximum Gasteiger partial charge on any atom is 0.244 e. The molecule has 1 atom stereocenters. The first-order valence-electron chi connectivity index (χ1n) is 7.98. The maximum absolute atomic E-state index is 12.5. The van der Waals surface area contributed by atoms with Crippen LogP contribution in [0.1, 0.15) is 31.9 Å². The van der Waals surface area contributed by atoms with E-state index in [2.05, 4.69) is 31.3 Å². The zero-order valence-electron chi connectivity index (χ0n) is 14.2. The molecule has 0 radical (unpaired) electrons. The third-order valence-electron chi connectivity index (χ3n) is 4.10. The van der Waals surface area contributed by atoms with E-state index in [1.54, 1.807) is 6.92 Å². The minimum atomic E-state index is -1.02. The number of nitrogens with two attached hydrogens (primary N) is 1. The van der Waals surface area contributed by atoms with Gasteiger partial charge in [-0.2, -0.15) is 0 Å². The highest BCUT2D eigenvalue weighted by molar-refractivity contribution is 5.87. The lowest BCUT2D eigenvalue weighted by Gasteiger charge is -2.29. The summed E-state index contributed by atoms with van der Waals surface area (Å²) in [4.78, 5) is 12.5. The van der Waals surface area contributed by atoms with Crippen LogP contribution in [-0.2, 0) is 16.8 Å². The molecule has 0 aromatic heterocycles. The molecule has 2 aromatic carbocycles. The number of nitrogens with one attached hydrogen (secondary N) is 1. The Kier molecular flexibility index (Phi) is 5.22. The smallest absolute Gasteiger partial charge is 0.244 e. The third-order valence-corrected chi connectivity index (χ3v) is 4.10. The number of benzene rings is 2. The number of rotatable bonds is 6. The molecular weight excluding hydrogens is 284 g/mol. The summed E-state index contributed by atoms with van der Waals surface area (Å²) in [5.41, 5.74) is 7.28. The lowest BCUT2D eigenvalue weighted by atomic mass is 9.85. The van der Waals surface area contributed by atoms with E-state index in [1.807, 2.05) is 48.5 Å². The van der Waals surface area contributed by atoms with Crippen LogP contribution < -0.4 is 11.1 Å². The Labute approximate surface area is 138 Å². The van der Waals surface area contributed by atoms with Gasteiger partial charge in [0, 0.05) is 6.54 Å². The second-order valence-corrected chi connectivity index (χ2v) is 7.08. The van der Waals surface area contributed by atoms with Crippen molar-refractivity contribution in [3.05, 3.63) is 71.8 Å². The van der Waals surface area contributed by atoms with Gasteiger partial charge in [0.1, 0.15) is 5.54 Å². The van der Waals surface area contributed by atoms with Crippen molar-refractivity contribution in [1.29, 1.82) is 0 Å². The van der Waals surface area contributed by atoms with Gasteiger partial charge in [0.15, 0.2) is 0 Å². The van der Waals surface area contributed by atoms with Gasteiger partial charge in [-0.1, -0.05) is 74.5 Å². The van der Waals surface area contributed by atoms with Crippen LogP contribution in [0.2, 0.25) is 0 Å². The predicted molar refractivity (Wildman–Crippen MR) is 94.9 cm³/mol. The van der Waals surface area contributed by atoms with Crippen LogP contribution in [-0.4, -0.2) is 12.5 Å². The molecule has 0 saturated heterocycles. The highest BCUT2D eigenvalue weighted by atomic mass is 16.2. The van der Waals surface area contributed by atoms with Crippen molar-refractivity contribution in [3.8, 4) is 0 Å². The molecule has 3 heteroatoms. The summed E-state index contributed by atoms with van der Waals surface area (Å²) in [5, 5.41) is 3.02. The van der Waals surface area contributed by atoms with Crippen molar-refractivity contribution < 1.29 is 4.79 Å². The fourth-order valence-electron chi connectivity index (χ4n) is 2.63. The van der Waals surface area contributed by atoms with Crippen LogP contribution in [0.4, 0.5) is 0 Å². The number of carbonyl (C=O) groups excluding carboxylic acids is 1. The Morgan fingerprint density at radius 1 is 0.957 bits per heavy atom. The van der Waals surface area contributed by atoms with E-state index in [4.69, 9.17) is 5.73 Å². The van der Waals surface area contributed by atoms with Crippen LogP contribution in [0.3, 0.4) is 0 Å². The average Bonchev–Trinajstić information content (AvgIpc) is 2.54. The van der Waals surface area contributed by atoms with Gasteiger partial charge in [0.05, 0.1) is 0 Å². The topological polar surface area (TPSA) is 55.1 Å². The second kappa shape index (κ2) is 6.97. The lowest BCUT2D eigenvalue weighted by molar-refractivity contribution is -0.126. The fraction of sp³-hybridized carbons (Fsp3) is 0.350. The lowest BCUT2D eigenvalue weighted by Crippen LogP contribution is -2.51. The Hall–Kier alpha value is -2.13. The normalized spacial score (nSPS) is 14.1. The van der Waals surface area contributed by atoms with Crippen LogP contribution in [0.15, 0.2) is 60.7 Å². The summed E-state index contributed by atoms with van der Waals surface area (Å²) in [7, 11) is 0. The molecule has 23 heavy (non-hydrogen) atoms. The van der Waals surface area contributed by atoms with Gasteiger partial charge in [0.25, 0.3) is 0 Å². The van der Waals surface area contributed by atoms with Gasteiger partial charge in [-0.05, 0) is 29.9 Å². The molecule has 0 aliphatic rings. The molecule has 0 fully saturated rings. The molecule has 0 saturated carbocycles. The van der Waals surface area contributed by atoms with Crippen LogP contribution in [0, 0.1) is 5.41 Å². The molecule has 1 unspecified atom stereocenters. The van der Waals surface area contributed by atoms with Crippen LogP contribution >= 0.6 is 0 Å². The minimum absolute atomic E-state index is 0.0379. The molecular formula is C20H26N2O. The van der Waals surface area contributed by atoms with Crippen molar-refractivity contribution in [2.75, 3.05) is 6.54 Å². The van der Waals surface area contributed by atoms with E-state index in [9.17, 15) is 4.79 Å². The van der Waals surface area contributed by atoms with Gasteiger partial charge < -0.3 is 11.1 Å². The first kappa shape index (κ1) is 17.2. The molecule has 2 rings (SSSR count). The quantitative estimate of drug-likeness (QED) is 0.860. The third kappa shape index (κ3) is 4.67. The molecule has 0 spiro atoms. The Morgan fingerprint density at radius 3 is 2.04 bits per heavy atom. The summed E-state index contributed by atoms with van der Waals surface area (Å²) >= 11 is 0. The van der Waals surface area contributed by atoms with Crippen molar-refractivity contribution in [2.45, 2.75) is 32.7 Å². The standard InChI is InChI=1S/C20H26N2O/c1-19(2,14-16-10-6-4-7-11-16)15-22-18(23)20(3,21)17-12-8-5-9-13-17/h4-13H,14-15,21H2,1-3H3,(H,22,23). The summed E-state index contributed by atoms with van der Waals surface area (Å²) in [6, 6.07) is 19.8. The fourth-order valence-corrected chi connectivity index (χ4v) is 2.63. The van der Waals surface area contributed by atoms with Gasteiger partial charge in [-0.3, -0.25) is 4.79 Å². The van der Waals surface area contributed by atoms with E-state index >= 15 is 0 Å². The van der Waals surface area contributed by atoms with Gasteiger partial charge in [-0.15, -0.1) is 0 Å². The van der Waals surface area contributed by atoms with E-state index in [0.29, 0.717) is 6.54 Å². The number of hydrogen-bond acceptors (Lipinski definition) is 2. The van der Waals surface area contributed by atoms with Gasteiger partial charge in [-0.25, -0.2) is 0 Å². The van der Waals surface area contributed by atoms with E-state index in [0.717, 1.165) is 12.0 Å². The maximum atomic E-state index is 12.5. The van der Waals surface area contributed by atoms with E-state index in [-0.39, 0.29) is 11.3 Å². The van der Waals surface area contributed by atoms with Crippen molar-refractivity contribution >= 4 is 5.91 Å². The van der Waals surface area contributed by atoms with E-state index in [1.165, 1.54) is 5.56 Å². The minimum Gasteiger partial charge on any atom is -0.354 e. The first-order valence-corrected chi connectivity index (χ1v) is 7.98. The Morgan fingerprint density at radius 2 is 1.48 bits per heavy atom. The number of amides is 1.